The van der Waals surface area contributed by atoms with Gasteiger partial charge in [0, 0.05) is 7.11 Å². The molecule has 1 saturated heterocycles. The first-order valence-electron chi connectivity index (χ1n) is 4.09. The van der Waals surface area contributed by atoms with Crippen LogP contribution >= 0.6 is 0 Å². The number of piperidine rings is 1. The van der Waals surface area contributed by atoms with Gasteiger partial charge in [0.05, 0.1) is 0 Å². The lowest BCUT2D eigenvalue weighted by Gasteiger charge is -2.20. The zero-order valence-corrected chi connectivity index (χ0v) is 7.06. The molecule has 2 N–H and O–H groups in total. The first-order chi connectivity index (χ1) is 4.93. The molecule has 1 atom stereocenters. The molecule has 0 spiro atoms. The van der Waals surface area contributed by atoms with E-state index in [2.05, 4.69) is 12.2 Å². The summed E-state index contributed by atoms with van der Waals surface area (Å²) in [6.07, 6.45) is 4.19. The van der Waals surface area contributed by atoms with E-state index >= 15 is 0 Å². The Hall–Kier alpha value is -0.0800. The highest BCUT2D eigenvalue weighted by Crippen LogP contribution is 2.12. The van der Waals surface area contributed by atoms with Gasteiger partial charge in [0.2, 0.25) is 0 Å². The lowest BCUT2D eigenvalue weighted by Crippen LogP contribution is -2.29. The Balaban J connectivity index is 0.000000371. The number of aliphatic hydroxyl groups is 1. The molecule has 0 aromatic heterocycles. The topological polar surface area (TPSA) is 32.3 Å². The van der Waals surface area contributed by atoms with E-state index in [-0.39, 0.29) is 0 Å². The summed E-state index contributed by atoms with van der Waals surface area (Å²) in [5, 5.41) is 10.4. The SMILES string of the molecule is CC[C@@H]1CCCNC1.CO. The summed E-state index contributed by atoms with van der Waals surface area (Å²) in [6, 6.07) is 0. The molecular formula is C8H19NO. The minimum Gasteiger partial charge on any atom is -0.400 e. The minimum atomic E-state index is 0.976. The van der Waals surface area contributed by atoms with Crippen LogP contribution in [-0.4, -0.2) is 25.3 Å². The van der Waals surface area contributed by atoms with Gasteiger partial charge in [-0.2, -0.15) is 0 Å². The lowest BCUT2D eigenvalue weighted by molar-refractivity contribution is 0.369. The molecule has 0 aliphatic carbocycles. The lowest BCUT2D eigenvalue weighted by atomic mass is 9.97. The predicted molar refractivity (Wildman–Crippen MR) is 44.0 cm³/mol. The van der Waals surface area contributed by atoms with Crippen molar-refractivity contribution in [1.82, 2.24) is 5.32 Å². The van der Waals surface area contributed by atoms with Crippen molar-refractivity contribution in [3.63, 3.8) is 0 Å². The van der Waals surface area contributed by atoms with E-state index in [0.717, 1.165) is 13.0 Å². The number of nitrogens with one attached hydrogen (secondary N) is 1. The summed E-state index contributed by atoms with van der Waals surface area (Å²) in [7, 11) is 1.00. The van der Waals surface area contributed by atoms with Crippen molar-refractivity contribution in [1.29, 1.82) is 0 Å². The molecule has 1 aliphatic heterocycles. The van der Waals surface area contributed by atoms with Crippen LogP contribution in [0.15, 0.2) is 0 Å². The Bertz CT molecular complexity index is 60.3. The Labute approximate surface area is 63.6 Å². The van der Waals surface area contributed by atoms with Gasteiger partial charge in [0.1, 0.15) is 0 Å². The van der Waals surface area contributed by atoms with E-state index in [9.17, 15) is 0 Å². The van der Waals surface area contributed by atoms with Crippen molar-refractivity contribution >= 4 is 0 Å². The van der Waals surface area contributed by atoms with Crippen LogP contribution in [0.3, 0.4) is 0 Å². The maximum Gasteiger partial charge on any atom is 0.0319 e. The van der Waals surface area contributed by atoms with Crippen molar-refractivity contribution in [3.8, 4) is 0 Å². The molecule has 0 amide bonds. The fraction of sp³-hybridized carbons (Fsp3) is 1.00. The van der Waals surface area contributed by atoms with E-state index in [4.69, 9.17) is 5.11 Å². The number of hydrogen-bond donors (Lipinski definition) is 2. The first-order valence-corrected chi connectivity index (χ1v) is 4.09. The summed E-state index contributed by atoms with van der Waals surface area (Å²) in [5.41, 5.74) is 0. The van der Waals surface area contributed by atoms with Crippen LogP contribution in [-0.2, 0) is 0 Å². The third-order valence-corrected chi connectivity index (χ3v) is 1.98. The fourth-order valence-corrected chi connectivity index (χ4v) is 1.27. The monoisotopic (exact) mass is 145 g/mol. The van der Waals surface area contributed by atoms with Crippen molar-refractivity contribution in [2.75, 3.05) is 20.2 Å². The average Bonchev–Trinajstić information content (AvgIpc) is 2.10. The molecule has 2 heteroatoms. The third-order valence-electron chi connectivity index (χ3n) is 1.98. The quantitative estimate of drug-likeness (QED) is 0.577. The highest BCUT2D eigenvalue weighted by molar-refractivity contribution is 4.66. The largest absolute Gasteiger partial charge is 0.400 e. The van der Waals surface area contributed by atoms with Crippen LogP contribution in [0.1, 0.15) is 26.2 Å². The van der Waals surface area contributed by atoms with Crippen LogP contribution in [0.2, 0.25) is 0 Å². The summed E-state index contributed by atoms with van der Waals surface area (Å²) >= 11 is 0. The van der Waals surface area contributed by atoms with Gasteiger partial charge in [-0.25, -0.2) is 0 Å². The Kier molecular flexibility index (Phi) is 6.98. The first kappa shape index (κ1) is 9.92. The molecule has 0 radical (unpaired) electrons. The van der Waals surface area contributed by atoms with E-state index in [1.54, 1.807) is 0 Å². The van der Waals surface area contributed by atoms with Crippen LogP contribution < -0.4 is 5.32 Å². The zero-order chi connectivity index (χ0) is 7.82. The average molecular weight is 145 g/mol. The standard InChI is InChI=1S/C7H15N.CH4O/c1-2-7-4-3-5-8-6-7;1-2/h7-8H,2-6H2,1H3;2H,1H3/t7-;/m1./s1. The van der Waals surface area contributed by atoms with Crippen molar-refractivity contribution in [2.24, 2.45) is 5.92 Å². The molecule has 1 aliphatic rings. The van der Waals surface area contributed by atoms with E-state index in [1.807, 2.05) is 0 Å². The number of hydrogen-bond acceptors (Lipinski definition) is 2. The molecule has 0 aromatic carbocycles. The van der Waals surface area contributed by atoms with Crippen molar-refractivity contribution in [2.45, 2.75) is 26.2 Å². The number of aliphatic hydroxyl groups excluding tert-OH is 1. The molecule has 1 rings (SSSR count). The summed E-state index contributed by atoms with van der Waals surface area (Å²) < 4.78 is 0. The molecule has 2 nitrogen and oxygen atoms in total. The summed E-state index contributed by atoms with van der Waals surface area (Å²) in [4.78, 5) is 0. The second-order valence-corrected chi connectivity index (χ2v) is 2.62. The maximum absolute atomic E-state index is 7.00. The highest BCUT2D eigenvalue weighted by atomic mass is 16.2. The fourth-order valence-electron chi connectivity index (χ4n) is 1.27. The maximum atomic E-state index is 7.00. The van der Waals surface area contributed by atoms with Crippen LogP contribution in [0.5, 0.6) is 0 Å². The molecule has 1 heterocycles. The number of rotatable bonds is 1. The molecule has 0 saturated carbocycles. The van der Waals surface area contributed by atoms with Gasteiger partial charge in [-0.05, 0) is 31.8 Å². The van der Waals surface area contributed by atoms with Crippen LogP contribution in [0.25, 0.3) is 0 Å². The molecule has 0 bridgehead atoms. The van der Waals surface area contributed by atoms with Gasteiger partial charge >= 0.3 is 0 Å². The molecule has 62 valence electrons. The molecule has 10 heavy (non-hydrogen) atoms. The van der Waals surface area contributed by atoms with Gasteiger partial charge in [-0.1, -0.05) is 13.3 Å². The van der Waals surface area contributed by atoms with Crippen molar-refractivity contribution in [3.05, 3.63) is 0 Å². The molecule has 0 unspecified atom stereocenters. The third kappa shape index (κ3) is 3.85. The van der Waals surface area contributed by atoms with Gasteiger partial charge < -0.3 is 10.4 Å². The Morgan fingerprint density at radius 2 is 2.20 bits per heavy atom. The van der Waals surface area contributed by atoms with Crippen molar-refractivity contribution < 1.29 is 5.11 Å². The summed E-state index contributed by atoms with van der Waals surface area (Å²) in [6.45, 7) is 4.78. The van der Waals surface area contributed by atoms with Gasteiger partial charge in [0.25, 0.3) is 0 Å². The zero-order valence-electron chi connectivity index (χ0n) is 7.06. The second-order valence-electron chi connectivity index (χ2n) is 2.62. The Morgan fingerprint density at radius 1 is 1.50 bits per heavy atom. The minimum absolute atomic E-state index is 0.976. The summed E-state index contributed by atoms with van der Waals surface area (Å²) in [5.74, 6) is 0.976. The molecule has 0 aromatic rings. The second kappa shape index (κ2) is 7.03. The molecular weight excluding hydrogens is 126 g/mol. The van der Waals surface area contributed by atoms with E-state index < -0.39 is 0 Å². The predicted octanol–water partition coefficient (Wildman–Crippen LogP) is 1.00. The smallest absolute Gasteiger partial charge is 0.0319 e. The van der Waals surface area contributed by atoms with Gasteiger partial charge in [0.15, 0.2) is 0 Å². The van der Waals surface area contributed by atoms with Crippen LogP contribution in [0, 0.1) is 5.92 Å². The van der Waals surface area contributed by atoms with E-state index in [1.165, 1.54) is 32.4 Å². The van der Waals surface area contributed by atoms with Gasteiger partial charge in [-0.15, -0.1) is 0 Å². The highest BCUT2D eigenvalue weighted by Gasteiger charge is 2.08. The van der Waals surface area contributed by atoms with E-state index in [0.29, 0.717) is 0 Å². The Morgan fingerprint density at radius 3 is 2.50 bits per heavy atom. The van der Waals surface area contributed by atoms with Gasteiger partial charge in [-0.3, -0.25) is 0 Å². The normalized spacial score (nSPS) is 24.9. The molecule has 1 fully saturated rings. The van der Waals surface area contributed by atoms with Crippen LogP contribution in [0.4, 0.5) is 0 Å².